The van der Waals surface area contributed by atoms with Gasteiger partial charge in [-0.1, -0.05) is 30.3 Å². The van der Waals surface area contributed by atoms with Crippen molar-refractivity contribution in [1.29, 1.82) is 0 Å². The van der Waals surface area contributed by atoms with Crippen LogP contribution in [0, 0.1) is 0 Å². The van der Waals surface area contributed by atoms with Gasteiger partial charge in [0.2, 0.25) is 0 Å². The standard InChI is InChI=1S/C25H25N3O3/c1-25(2,3)31-24(30)28-13-17(14-28)23-26-21-9-8-16(11-22(21)27-23)20-12-18(29)10-15-6-4-5-7-19(15)20/h4-12,17,29H,13-14H2,1-3H3,(H,26,27). The summed E-state index contributed by atoms with van der Waals surface area (Å²) in [5.41, 5.74) is 3.33. The van der Waals surface area contributed by atoms with E-state index in [1.807, 2.05) is 51.1 Å². The molecule has 0 saturated carbocycles. The number of hydrogen-bond donors (Lipinski definition) is 2. The molecule has 1 aromatic heterocycles. The van der Waals surface area contributed by atoms with Crippen LogP contribution < -0.4 is 0 Å². The van der Waals surface area contributed by atoms with Gasteiger partial charge in [0.15, 0.2) is 0 Å². The van der Waals surface area contributed by atoms with Gasteiger partial charge in [0.05, 0.1) is 17.0 Å². The van der Waals surface area contributed by atoms with Crippen molar-refractivity contribution in [2.45, 2.75) is 32.3 Å². The number of likely N-dealkylation sites (tertiary alicyclic amines) is 1. The molecule has 1 saturated heterocycles. The van der Waals surface area contributed by atoms with Gasteiger partial charge in [-0.3, -0.25) is 0 Å². The number of imidazole rings is 1. The molecule has 0 bridgehead atoms. The van der Waals surface area contributed by atoms with Crippen LogP contribution in [-0.4, -0.2) is 44.8 Å². The zero-order chi connectivity index (χ0) is 21.8. The predicted octanol–water partition coefficient (Wildman–Crippen LogP) is 5.42. The summed E-state index contributed by atoms with van der Waals surface area (Å²) in [6.45, 7) is 6.80. The highest BCUT2D eigenvalue weighted by Gasteiger charge is 2.36. The molecule has 2 N–H and O–H groups in total. The lowest BCUT2D eigenvalue weighted by Crippen LogP contribution is -2.50. The fourth-order valence-electron chi connectivity index (χ4n) is 4.05. The van der Waals surface area contributed by atoms with E-state index in [-0.39, 0.29) is 17.8 Å². The minimum Gasteiger partial charge on any atom is -0.508 e. The van der Waals surface area contributed by atoms with Crippen LogP contribution in [-0.2, 0) is 4.74 Å². The first-order valence-electron chi connectivity index (χ1n) is 10.5. The topological polar surface area (TPSA) is 78.4 Å². The van der Waals surface area contributed by atoms with Crippen molar-refractivity contribution >= 4 is 27.9 Å². The van der Waals surface area contributed by atoms with Gasteiger partial charge in [0.1, 0.15) is 17.2 Å². The molecule has 1 aliphatic heterocycles. The van der Waals surface area contributed by atoms with E-state index in [1.54, 1.807) is 17.0 Å². The molecular formula is C25H25N3O3. The lowest BCUT2D eigenvalue weighted by molar-refractivity contribution is 0.00761. The number of benzene rings is 3. The van der Waals surface area contributed by atoms with Crippen molar-refractivity contribution in [2.75, 3.05) is 13.1 Å². The van der Waals surface area contributed by atoms with E-state index in [2.05, 4.69) is 17.1 Å². The lowest BCUT2D eigenvalue weighted by atomic mass is 9.97. The van der Waals surface area contributed by atoms with E-state index in [4.69, 9.17) is 9.72 Å². The first-order chi connectivity index (χ1) is 14.8. The Morgan fingerprint density at radius 1 is 1.13 bits per heavy atom. The van der Waals surface area contributed by atoms with Crippen molar-refractivity contribution in [2.24, 2.45) is 0 Å². The molecular weight excluding hydrogens is 390 g/mol. The SMILES string of the molecule is CC(C)(C)OC(=O)N1CC(c2nc3ccc(-c4cc(O)cc5ccccc45)cc3[nH]2)C1. The highest BCUT2D eigenvalue weighted by Crippen LogP contribution is 2.35. The van der Waals surface area contributed by atoms with E-state index in [0.717, 1.165) is 38.8 Å². The van der Waals surface area contributed by atoms with Crippen molar-refractivity contribution in [1.82, 2.24) is 14.9 Å². The van der Waals surface area contributed by atoms with E-state index in [1.165, 1.54) is 0 Å². The lowest BCUT2D eigenvalue weighted by Gasteiger charge is -2.38. The van der Waals surface area contributed by atoms with Gasteiger partial charge in [-0.15, -0.1) is 0 Å². The summed E-state index contributed by atoms with van der Waals surface area (Å²) in [5, 5.41) is 12.3. The minimum absolute atomic E-state index is 0.171. The molecule has 31 heavy (non-hydrogen) atoms. The third-order valence-electron chi connectivity index (χ3n) is 5.58. The Balaban J connectivity index is 1.41. The van der Waals surface area contributed by atoms with Gasteiger partial charge in [0.25, 0.3) is 0 Å². The van der Waals surface area contributed by atoms with Crippen LogP contribution in [0.3, 0.4) is 0 Å². The highest BCUT2D eigenvalue weighted by molar-refractivity contribution is 5.99. The first-order valence-corrected chi connectivity index (χ1v) is 10.5. The van der Waals surface area contributed by atoms with Crippen LogP contribution in [0.4, 0.5) is 4.79 Å². The van der Waals surface area contributed by atoms with Crippen LogP contribution in [0.5, 0.6) is 5.75 Å². The first kappa shape index (κ1) is 19.4. The van der Waals surface area contributed by atoms with Gasteiger partial charge >= 0.3 is 6.09 Å². The second-order valence-electron chi connectivity index (χ2n) is 9.15. The van der Waals surface area contributed by atoms with Crippen LogP contribution >= 0.6 is 0 Å². The van der Waals surface area contributed by atoms with Crippen LogP contribution in [0.2, 0.25) is 0 Å². The summed E-state index contributed by atoms with van der Waals surface area (Å²) in [4.78, 5) is 22.0. The van der Waals surface area contributed by atoms with E-state index in [9.17, 15) is 9.90 Å². The molecule has 6 nitrogen and oxygen atoms in total. The van der Waals surface area contributed by atoms with E-state index >= 15 is 0 Å². The van der Waals surface area contributed by atoms with Gasteiger partial charge < -0.3 is 19.7 Å². The molecule has 0 radical (unpaired) electrons. The Hall–Kier alpha value is -3.54. The summed E-state index contributed by atoms with van der Waals surface area (Å²) >= 11 is 0. The van der Waals surface area contributed by atoms with Crippen molar-refractivity contribution in [3.05, 3.63) is 60.4 Å². The molecule has 5 rings (SSSR count). The molecule has 1 fully saturated rings. The van der Waals surface area contributed by atoms with Crippen LogP contribution in [0.15, 0.2) is 54.6 Å². The fraction of sp³-hybridized carbons (Fsp3) is 0.280. The quantitative estimate of drug-likeness (QED) is 0.458. The molecule has 3 aromatic carbocycles. The summed E-state index contributed by atoms with van der Waals surface area (Å²) in [5.74, 6) is 1.30. The van der Waals surface area contributed by atoms with Crippen LogP contribution in [0.1, 0.15) is 32.5 Å². The molecule has 1 aliphatic rings. The zero-order valence-corrected chi connectivity index (χ0v) is 17.8. The smallest absolute Gasteiger partial charge is 0.410 e. The largest absolute Gasteiger partial charge is 0.508 e. The van der Waals surface area contributed by atoms with Gasteiger partial charge in [-0.2, -0.15) is 0 Å². The molecule has 0 aliphatic carbocycles. The number of nitrogens with one attached hydrogen (secondary N) is 1. The summed E-state index contributed by atoms with van der Waals surface area (Å²) in [6.07, 6.45) is -0.280. The van der Waals surface area contributed by atoms with Gasteiger partial charge in [-0.25, -0.2) is 9.78 Å². The molecule has 1 amide bonds. The number of aromatic amines is 1. The van der Waals surface area contributed by atoms with E-state index < -0.39 is 5.60 Å². The Bertz CT molecular complexity index is 1300. The monoisotopic (exact) mass is 415 g/mol. The number of amides is 1. The maximum atomic E-state index is 12.2. The van der Waals surface area contributed by atoms with Crippen LogP contribution in [0.25, 0.3) is 32.9 Å². The summed E-state index contributed by atoms with van der Waals surface area (Å²) in [6, 6.07) is 17.7. The number of hydrogen-bond acceptors (Lipinski definition) is 4. The molecule has 6 heteroatoms. The number of carbonyl (C=O) groups is 1. The van der Waals surface area contributed by atoms with Gasteiger partial charge in [0, 0.05) is 13.1 Å². The number of carbonyl (C=O) groups excluding carboxylic acids is 1. The average molecular weight is 415 g/mol. The predicted molar refractivity (Wildman–Crippen MR) is 121 cm³/mol. The maximum absolute atomic E-state index is 12.2. The zero-order valence-electron chi connectivity index (χ0n) is 17.8. The number of phenols is 1. The normalized spacial score (nSPS) is 14.7. The summed E-state index contributed by atoms with van der Waals surface area (Å²) < 4.78 is 5.43. The van der Waals surface area contributed by atoms with Gasteiger partial charge in [-0.05, 0) is 66.9 Å². The molecule has 0 atom stereocenters. The Labute approximate surface area is 180 Å². The van der Waals surface area contributed by atoms with Crippen molar-refractivity contribution < 1.29 is 14.6 Å². The number of aromatic nitrogens is 2. The summed E-state index contributed by atoms with van der Waals surface area (Å²) in [7, 11) is 0. The second kappa shape index (κ2) is 7.01. The fourth-order valence-corrected chi connectivity index (χ4v) is 4.05. The Kier molecular flexibility index (Phi) is 4.39. The number of nitrogens with zero attached hydrogens (tertiary/aromatic N) is 2. The Morgan fingerprint density at radius 3 is 2.68 bits per heavy atom. The second-order valence-corrected chi connectivity index (χ2v) is 9.15. The van der Waals surface area contributed by atoms with Crippen molar-refractivity contribution in [3.8, 4) is 16.9 Å². The number of phenolic OH excluding ortho intramolecular Hbond substituents is 1. The number of fused-ring (bicyclic) bond motifs is 2. The number of aromatic hydroxyl groups is 1. The Morgan fingerprint density at radius 2 is 1.90 bits per heavy atom. The number of rotatable bonds is 2. The van der Waals surface area contributed by atoms with E-state index in [0.29, 0.717) is 13.1 Å². The third-order valence-corrected chi connectivity index (χ3v) is 5.58. The highest BCUT2D eigenvalue weighted by atomic mass is 16.6. The number of ether oxygens (including phenoxy) is 1. The minimum atomic E-state index is -0.492. The third kappa shape index (κ3) is 3.69. The molecule has 2 heterocycles. The molecule has 0 spiro atoms. The molecule has 4 aromatic rings. The number of H-pyrrole nitrogens is 1. The average Bonchev–Trinajstić information content (AvgIpc) is 3.07. The molecule has 0 unspecified atom stereocenters. The van der Waals surface area contributed by atoms with Crippen molar-refractivity contribution in [3.63, 3.8) is 0 Å². The maximum Gasteiger partial charge on any atom is 0.410 e. The molecule has 158 valence electrons.